The molecule has 0 spiro atoms. The Bertz CT molecular complexity index is 461. The van der Waals surface area contributed by atoms with Crippen LogP contribution in [0.25, 0.3) is 0 Å². The van der Waals surface area contributed by atoms with Crippen LogP contribution in [0.5, 0.6) is 0 Å². The summed E-state index contributed by atoms with van der Waals surface area (Å²) in [4.78, 5) is 0. The Morgan fingerprint density at radius 3 is 1.10 bits per heavy atom. The van der Waals surface area contributed by atoms with Crippen molar-refractivity contribution in [2.24, 2.45) is 0 Å². The topological polar surface area (TPSA) is 18.5 Å². The minimum atomic E-state index is -2.08. The number of rotatable bonds is 14. The van der Waals surface area contributed by atoms with Gasteiger partial charge in [-0.25, -0.2) is 0 Å². The van der Waals surface area contributed by atoms with E-state index in [2.05, 4.69) is 79.7 Å². The van der Waals surface area contributed by atoms with Crippen LogP contribution in [0.1, 0.15) is 55.4 Å². The summed E-state index contributed by atoms with van der Waals surface area (Å²) in [5.41, 5.74) is 2.10. The van der Waals surface area contributed by atoms with E-state index in [1.807, 2.05) is 0 Å². The molecule has 0 aromatic heterocycles. The van der Waals surface area contributed by atoms with Crippen LogP contribution in [0, 0.1) is 0 Å². The zero-order valence-electron chi connectivity index (χ0n) is 20.3. The number of halogens is 2. The van der Waals surface area contributed by atoms with Gasteiger partial charge in [0.2, 0.25) is 0 Å². The maximum atomic E-state index is 7.84. The van der Waals surface area contributed by atoms with Crippen LogP contribution >= 0.6 is 32.5 Å². The summed E-state index contributed by atoms with van der Waals surface area (Å²) in [6.45, 7) is 20.2. The van der Waals surface area contributed by atoms with Crippen LogP contribution in [0.2, 0.25) is 0 Å². The van der Waals surface area contributed by atoms with E-state index in [9.17, 15) is 0 Å². The summed E-state index contributed by atoms with van der Waals surface area (Å²) in [7, 11) is 17.2. The molecule has 0 heterocycles. The predicted molar refractivity (Wildman–Crippen MR) is 141 cm³/mol. The number of allylic oxidation sites excluding steroid dienone is 2. The molecule has 0 aliphatic carbocycles. The fraction of sp³-hybridized carbons (Fsp3) is 0.818. The van der Waals surface area contributed by atoms with Crippen molar-refractivity contribution in [3.63, 3.8) is 0 Å². The Labute approximate surface area is 193 Å². The second kappa shape index (κ2) is 13.8. The molecule has 0 atom stereocenters. The number of hydrogen-bond acceptors (Lipinski definition) is 2. The van der Waals surface area contributed by atoms with Crippen molar-refractivity contribution >= 4 is 32.5 Å². The van der Waals surface area contributed by atoms with E-state index in [1.165, 1.54) is 0 Å². The van der Waals surface area contributed by atoms with Crippen molar-refractivity contribution in [3.05, 3.63) is 24.3 Å². The fourth-order valence-electron chi connectivity index (χ4n) is 4.47. The molecule has 0 aromatic carbocycles. The van der Waals surface area contributed by atoms with Gasteiger partial charge in [-0.05, 0) is 0 Å². The van der Waals surface area contributed by atoms with Crippen molar-refractivity contribution in [1.29, 1.82) is 0 Å². The second-order valence-corrected chi connectivity index (χ2v) is 36.5. The van der Waals surface area contributed by atoms with Crippen molar-refractivity contribution < 1.29 is 19.2 Å². The molecule has 0 saturated heterocycles. The van der Waals surface area contributed by atoms with E-state index in [-0.39, 0.29) is 0 Å². The number of methoxy groups -OCH3 is 2. The van der Waals surface area contributed by atoms with Crippen molar-refractivity contribution in [2.45, 2.75) is 78.0 Å². The van der Waals surface area contributed by atoms with Crippen molar-refractivity contribution in [1.82, 2.24) is 0 Å². The van der Waals surface area contributed by atoms with Gasteiger partial charge in [-0.15, -0.1) is 0 Å². The third kappa shape index (κ3) is 6.67. The van der Waals surface area contributed by atoms with E-state index in [0.29, 0.717) is 35.8 Å². The van der Waals surface area contributed by atoms with Crippen LogP contribution in [-0.4, -0.2) is 62.4 Å². The first-order valence-electron chi connectivity index (χ1n) is 10.7. The Kier molecular flexibility index (Phi) is 14.4. The molecule has 0 amide bonds. The van der Waals surface area contributed by atoms with Crippen LogP contribution < -0.4 is 0 Å². The zero-order chi connectivity index (χ0) is 22.9. The standard InChI is InChI=1S/2C11H23OP.2ClH.Ni/c2*1-10(2)13(11(3)4)9-7-6-8-12-5;;;/h2*6-7,10-11H,8-9H2,1-5H3;2*1H;. The van der Waals surface area contributed by atoms with Crippen LogP contribution in [-0.2, 0) is 19.2 Å². The first-order chi connectivity index (χ1) is 13.4. The molecule has 0 saturated carbocycles. The molecule has 0 aliphatic rings. The van der Waals surface area contributed by atoms with Crippen molar-refractivity contribution in [3.8, 4) is 0 Å². The van der Waals surface area contributed by atoms with Gasteiger partial charge in [-0.1, -0.05) is 0 Å². The quantitative estimate of drug-likeness (QED) is 0.128. The van der Waals surface area contributed by atoms with Gasteiger partial charge in [-0.3, -0.25) is 0 Å². The third-order valence-corrected chi connectivity index (χ3v) is 49.9. The third-order valence-electron chi connectivity index (χ3n) is 6.13. The summed E-state index contributed by atoms with van der Waals surface area (Å²) in [6.07, 6.45) is 11.0. The van der Waals surface area contributed by atoms with Gasteiger partial charge >= 0.3 is 194 Å². The predicted octanol–water partition coefficient (Wildman–Crippen LogP) is 7.82. The maximum absolute atomic E-state index is 7.84. The Balaban J connectivity index is 6.61. The molecule has 0 rings (SSSR count). The van der Waals surface area contributed by atoms with Gasteiger partial charge in [0.1, 0.15) is 0 Å². The van der Waals surface area contributed by atoms with Crippen LogP contribution in [0.4, 0.5) is 0 Å². The van der Waals surface area contributed by atoms with E-state index in [4.69, 9.17) is 29.9 Å². The van der Waals surface area contributed by atoms with Crippen molar-refractivity contribution in [2.75, 3.05) is 39.8 Å². The molecule has 29 heavy (non-hydrogen) atoms. The molecular weight excluding hydrogens is 488 g/mol. The molecule has 0 aliphatic heterocycles. The minimum absolute atomic E-state index is 0.525. The van der Waals surface area contributed by atoms with Gasteiger partial charge in [0, 0.05) is 0 Å². The van der Waals surface area contributed by atoms with Gasteiger partial charge < -0.3 is 0 Å². The molecule has 2 nitrogen and oxygen atoms in total. The van der Waals surface area contributed by atoms with Gasteiger partial charge in [0.15, 0.2) is 0 Å². The van der Waals surface area contributed by atoms with Crippen LogP contribution in [0.3, 0.4) is 0 Å². The average molecular weight is 536 g/mol. The normalized spacial score (nSPS) is 16.3. The summed E-state index contributed by atoms with van der Waals surface area (Å²) in [5, 5.41) is 0. The summed E-state index contributed by atoms with van der Waals surface area (Å²) in [6, 6.07) is -4.16. The zero-order valence-corrected chi connectivity index (χ0v) is 24.8. The van der Waals surface area contributed by atoms with Crippen LogP contribution in [0.15, 0.2) is 24.3 Å². The van der Waals surface area contributed by atoms with E-state index >= 15 is 0 Å². The average Bonchev–Trinajstić information content (AvgIpc) is 2.60. The van der Waals surface area contributed by atoms with Gasteiger partial charge in [0.25, 0.3) is 0 Å². The van der Waals surface area contributed by atoms with Gasteiger partial charge in [-0.2, -0.15) is 0 Å². The Morgan fingerprint density at radius 1 is 0.621 bits per heavy atom. The SMILES string of the molecule is COCC=CC[PH](C(C)C)(C(C)C)[Ni]([Cl])([Cl])[PH](CC=CCOC)(C(C)C)C(C)C. The van der Waals surface area contributed by atoms with E-state index in [1.54, 1.807) is 14.2 Å². The second-order valence-electron chi connectivity index (χ2n) is 8.98. The first kappa shape index (κ1) is 30.3. The summed E-state index contributed by atoms with van der Waals surface area (Å²) in [5.74, 6) is 0. The monoisotopic (exact) mass is 534 g/mol. The van der Waals surface area contributed by atoms with E-state index < -0.39 is 21.8 Å². The molecule has 0 N–H and O–H groups in total. The Morgan fingerprint density at radius 2 is 0.897 bits per heavy atom. The molecule has 7 heteroatoms. The number of hydrogen-bond donors (Lipinski definition) is 0. The Hall–Kier alpha value is 1.33. The molecule has 0 radical (unpaired) electrons. The molecule has 0 unspecified atom stereocenters. The molecule has 0 aromatic rings. The molecular formula is C22H48Cl2NiO2P2. The molecule has 182 valence electrons. The fourth-order valence-corrected chi connectivity index (χ4v) is 59.6. The van der Waals surface area contributed by atoms with Gasteiger partial charge in [0.05, 0.1) is 0 Å². The first-order valence-corrected chi connectivity index (χ1v) is 20.8. The molecule has 0 bridgehead atoms. The summed E-state index contributed by atoms with van der Waals surface area (Å²) >= 11 is 0. The van der Waals surface area contributed by atoms with E-state index in [0.717, 1.165) is 12.3 Å². The number of ether oxygens (including phenoxy) is 2. The summed E-state index contributed by atoms with van der Waals surface area (Å²) < 4.78 is 10.5. The molecule has 0 fully saturated rings.